The van der Waals surface area contributed by atoms with Crippen LogP contribution in [0.1, 0.15) is 33.2 Å². The van der Waals surface area contributed by atoms with Crippen LogP contribution in [0.2, 0.25) is 0 Å². The summed E-state index contributed by atoms with van der Waals surface area (Å²) in [6.45, 7) is 2.35. The van der Waals surface area contributed by atoms with Crippen LogP contribution in [0.25, 0.3) is 0 Å². The van der Waals surface area contributed by atoms with E-state index >= 15 is 0 Å². The molecule has 0 fully saturated rings. The van der Waals surface area contributed by atoms with E-state index in [1.165, 1.54) is 25.4 Å². The Labute approximate surface area is 174 Å². The number of ether oxygens (including phenoxy) is 2. The molecule has 0 aliphatic rings. The van der Waals surface area contributed by atoms with Gasteiger partial charge in [0.1, 0.15) is 11.6 Å². The molecule has 1 amide bonds. The fourth-order valence-corrected chi connectivity index (χ4v) is 2.40. The minimum atomic E-state index is -0.588. The molecule has 0 saturated heterocycles. The number of hydrogen-bond donors (Lipinski definition) is 2. The SMILES string of the molecule is CCOC(=O)c1ccc(NC(=O)/C(C#N)=C\NCc2ccc(C(=O)OC)cc2)cc1. The minimum Gasteiger partial charge on any atom is -0.465 e. The predicted octanol–water partition coefficient (Wildman–Crippen LogP) is 2.79. The maximum Gasteiger partial charge on any atom is 0.338 e. The third-order valence-corrected chi connectivity index (χ3v) is 3.95. The molecule has 0 unspecified atom stereocenters. The molecule has 2 rings (SSSR count). The van der Waals surface area contributed by atoms with Gasteiger partial charge in [-0.1, -0.05) is 12.1 Å². The molecule has 0 atom stereocenters. The zero-order chi connectivity index (χ0) is 21.9. The van der Waals surface area contributed by atoms with Crippen LogP contribution in [0.4, 0.5) is 5.69 Å². The van der Waals surface area contributed by atoms with Crippen molar-refractivity contribution >= 4 is 23.5 Å². The van der Waals surface area contributed by atoms with E-state index in [1.807, 2.05) is 6.07 Å². The molecule has 2 aromatic carbocycles. The monoisotopic (exact) mass is 407 g/mol. The number of nitriles is 1. The molecule has 8 heteroatoms. The quantitative estimate of drug-likeness (QED) is 0.392. The van der Waals surface area contributed by atoms with Crippen molar-refractivity contribution in [2.75, 3.05) is 19.0 Å². The Kier molecular flexibility index (Phi) is 8.15. The van der Waals surface area contributed by atoms with E-state index < -0.39 is 17.8 Å². The van der Waals surface area contributed by atoms with Gasteiger partial charge in [0, 0.05) is 18.4 Å². The van der Waals surface area contributed by atoms with Gasteiger partial charge in [-0.2, -0.15) is 5.26 Å². The number of anilines is 1. The smallest absolute Gasteiger partial charge is 0.338 e. The molecule has 0 saturated carbocycles. The van der Waals surface area contributed by atoms with Crippen molar-refractivity contribution in [2.24, 2.45) is 0 Å². The van der Waals surface area contributed by atoms with Gasteiger partial charge >= 0.3 is 11.9 Å². The average Bonchev–Trinajstić information content (AvgIpc) is 2.77. The molecule has 8 nitrogen and oxygen atoms in total. The maximum atomic E-state index is 12.3. The van der Waals surface area contributed by atoms with E-state index in [0.717, 1.165) is 5.56 Å². The molecule has 30 heavy (non-hydrogen) atoms. The van der Waals surface area contributed by atoms with Crippen molar-refractivity contribution in [3.63, 3.8) is 0 Å². The van der Waals surface area contributed by atoms with Crippen molar-refractivity contribution in [3.8, 4) is 6.07 Å². The van der Waals surface area contributed by atoms with Gasteiger partial charge in [-0.25, -0.2) is 9.59 Å². The second kappa shape index (κ2) is 11.0. The number of nitrogens with one attached hydrogen (secondary N) is 2. The highest BCUT2D eigenvalue weighted by molar-refractivity contribution is 6.06. The molecule has 0 radical (unpaired) electrons. The van der Waals surface area contributed by atoms with E-state index in [2.05, 4.69) is 15.4 Å². The molecule has 154 valence electrons. The number of esters is 2. The third kappa shape index (κ3) is 6.21. The summed E-state index contributed by atoms with van der Waals surface area (Å²) in [6.07, 6.45) is 1.32. The van der Waals surface area contributed by atoms with Gasteiger partial charge in [0.25, 0.3) is 5.91 Å². The van der Waals surface area contributed by atoms with Gasteiger partial charge in [0.15, 0.2) is 0 Å². The first-order chi connectivity index (χ1) is 14.5. The average molecular weight is 407 g/mol. The number of carbonyl (C=O) groups is 3. The van der Waals surface area contributed by atoms with Crippen LogP contribution in [0.15, 0.2) is 60.3 Å². The van der Waals surface area contributed by atoms with E-state index in [1.54, 1.807) is 43.3 Å². The first kappa shape index (κ1) is 22.2. The standard InChI is InChI=1S/C22H21N3O5/c1-3-30-22(28)17-8-10-19(11-9-17)25-20(26)18(12-23)14-24-13-15-4-6-16(7-5-15)21(27)29-2/h4-11,14,24H,3,13H2,1-2H3,(H,25,26)/b18-14-. The highest BCUT2D eigenvalue weighted by Gasteiger charge is 2.11. The summed E-state index contributed by atoms with van der Waals surface area (Å²) in [5.74, 6) is -1.46. The summed E-state index contributed by atoms with van der Waals surface area (Å²) < 4.78 is 9.54. The lowest BCUT2D eigenvalue weighted by Crippen LogP contribution is -2.16. The second-order valence-corrected chi connectivity index (χ2v) is 5.99. The molecule has 2 N–H and O–H groups in total. The zero-order valence-electron chi connectivity index (χ0n) is 16.6. The van der Waals surface area contributed by atoms with Crippen molar-refractivity contribution in [3.05, 3.63) is 77.0 Å². The van der Waals surface area contributed by atoms with E-state index in [4.69, 9.17) is 4.74 Å². The molecule has 2 aromatic rings. The molecule has 0 aliphatic heterocycles. The van der Waals surface area contributed by atoms with Crippen LogP contribution in [0, 0.1) is 11.3 Å². The molecule has 0 spiro atoms. The van der Waals surface area contributed by atoms with E-state index in [0.29, 0.717) is 23.4 Å². The molecule has 0 aliphatic carbocycles. The molecule has 0 bridgehead atoms. The lowest BCUT2D eigenvalue weighted by atomic mass is 10.1. The first-order valence-electron chi connectivity index (χ1n) is 9.08. The number of carbonyl (C=O) groups excluding carboxylic acids is 3. The molecule has 0 aromatic heterocycles. The van der Waals surface area contributed by atoms with Crippen LogP contribution in [-0.4, -0.2) is 31.6 Å². The summed E-state index contributed by atoms with van der Waals surface area (Å²) in [7, 11) is 1.31. The van der Waals surface area contributed by atoms with Gasteiger partial charge < -0.3 is 20.1 Å². The van der Waals surface area contributed by atoms with Gasteiger partial charge in [0.05, 0.1) is 24.8 Å². The van der Waals surface area contributed by atoms with Gasteiger partial charge in [-0.05, 0) is 48.9 Å². The lowest BCUT2D eigenvalue weighted by molar-refractivity contribution is -0.112. The summed E-state index contributed by atoms with van der Waals surface area (Å²) in [5.41, 5.74) is 1.98. The summed E-state index contributed by atoms with van der Waals surface area (Å²) in [6, 6.07) is 14.7. The summed E-state index contributed by atoms with van der Waals surface area (Å²) in [4.78, 5) is 35.3. The molecular weight excluding hydrogens is 386 g/mol. The fraction of sp³-hybridized carbons (Fsp3) is 0.182. The Morgan fingerprint density at radius 1 is 1.00 bits per heavy atom. The number of hydrogen-bond acceptors (Lipinski definition) is 7. The van der Waals surface area contributed by atoms with Crippen LogP contribution in [-0.2, 0) is 20.8 Å². The topological polar surface area (TPSA) is 118 Å². The van der Waals surface area contributed by atoms with Crippen molar-refractivity contribution in [2.45, 2.75) is 13.5 Å². The van der Waals surface area contributed by atoms with Gasteiger partial charge in [-0.15, -0.1) is 0 Å². The number of methoxy groups -OCH3 is 1. The summed E-state index contributed by atoms with van der Waals surface area (Å²) >= 11 is 0. The van der Waals surface area contributed by atoms with Gasteiger partial charge in [0.2, 0.25) is 0 Å². The number of rotatable bonds is 8. The Hall–Kier alpha value is -4.12. The Balaban J connectivity index is 1.94. The lowest BCUT2D eigenvalue weighted by Gasteiger charge is -2.07. The van der Waals surface area contributed by atoms with Crippen LogP contribution < -0.4 is 10.6 Å². The third-order valence-electron chi connectivity index (χ3n) is 3.95. The second-order valence-electron chi connectivity index (χ2n) is 5.99. The Morgan fingerprint density at radius 2 is 1.60 bits per heavy atom. The minimum absolute atomic E-state index is 0.115. The first-order valence-corrected chi connectivity index (χ1v) is 9.08. The number of nitrogens with zero attached hydrogens (tertiary/aromatic N) is 1. The molecule has 0 heterocycles. The van der Waals surface area contributed by atoms with Crippen LogP contribution >= 0.6 is 0 Å². The predicted molar refractivity (Wildman–Crippen MR) is 109 cm³/mol. The normalized spacial score (nSPS) is 10.5. The van der Waals surface area contributed by atoms with Crippen LogP contribution in [0.3, 0.4) is 0 Å². The van der Waals surface area contributed by atoms with Crippen molar-refractivity contribution < 1.29 is 23.9 Å². The van der Waals surface area contributed by atoms with Crippen molar-refractivity contribution in [1.82, 2.24) is 5.32 Å². The van der Waals surface area contributed by atoms with E-state index in [9.17, 15) is 19.6 Å². The van der Waals surface area contributed by atoms with Gasteiger partial charge in [-0.3, -0.25) is 4.79 Å². The zero-order valence-corrected chi connectivity index (χ0v) is 16.6. The largest absolute Gasteiger partial charge is 0.465 e. The van der Waals surface area contributed by atoms with Crippen LogP contribution in [0.5, 0.6) is 0 Å². The number of amides is 1. The Morgan fingerprint density at radius 3 is 2.17 bits per heavy atom. The highest BCUT2D eigenvalue weighted by Crippen LogP contribution is 2.12. The maximum absolute atomic E-state index is 12.3. The fourth-order valence-electron chi connectivity index (χ4n) is 2.40. The Bertz CT molecular complexity index is 973. The summed E-state index contributed by atoms with van der Waals surface area (Å²) in [5, 5.41) is 14.7. The van der Waals surface area contributed by atoms with E-state index in [-0.39, 0.29) is 12.2 Å². The molecular formula is C22H21N3O5. The van der Waals surface area contributed by atoms with Crippen molar-refractivity contribution in [1.29, 1.82) is 5.26 Å². The highest BCUT2D eigenvalue weighted by atomic mass is 16.5. The number of benzene rings is 2.